The first-order valence-electron chi connectivity index (χ1n) is 4.81. The average molecular weight is 203 g/mol. The minimum absolute atomic E-state index is 0.290. The molecular weight excluding hydrogens is 190 g/mol. The van der Waals surface area contributed by atoms with Gasteiger partial charge >= 0.3 is 5.97 Å². The number of pyridine rings is 1. The molecule has 2 heterocycles. The normalized spacial score (nSPS) is 10.6. The molecule has 0 saturated heterocycles. The first-order chi connectivity index (χ1) is 7.16. The van der Waals surface area contributed by atoms with E-state index in [1.54, 1.807) is 0 Å². The molecule has 78 valence electrons. The second-order valence-corrected chi connectivity index (χ2v) is 3.55. The fourth-order valence-electron chi connectivity index (χ4n) is 1.84. The van der Waals surface area contributed by atoms with E-state index >= 15 is 0 Å². The Morgan fingerprint density at radius 1 is 1.27 bits per heavy atom. The van der Waals surface area contributed by atoms with Crippen molar-refractivity contribution in [3.63, 3.8) is 0 Å². The number of nitrogens with zero attached hydrogens (tertiary/aromatic N) is 1. The first-order valence-corrected chi connectivity index (χ1v) is 4.81. The van der Waals surface area contributed by atoms with Crippen LogP contribution < -0.4 is 0 Å². The van der Waals surface area contributed by atoms with Gasteiger partial charge in [-0.2, -0.15) is 0 Å². The van der Waals surface area contributed by atoms with Crippen LogP contribution in [0.15, 0.2) is 24.4 Å². The highest BCUT2D eigenvalue weighted by Gasteiger charge is 2.17. The van der Waals surface area contributed by atoms with E-state index in [2.05, 4.69) is 0 Å². The standard InChI is InChI=1S/C12H13NO2/c1-8-9(2)11(12(14)15-3)13-7-5-4-6-10(8)13/h4-7H,1-3H3. The fraction of sp³-hybridized carbons (Fsp3) is 0.250. The van der Waals surface area contributed by atoms with Crippen molar-refractivity contribution in [2.24, 2.45) is 0 Å². The molecule has 0 saturated carbocycles. The Kier molecular flexibility index (Phi) is 2.23. The van der Waals surface area contributed by atoms with E-state index in [1.165, 1.54) is 7.11 Å². The van der Waals surface area contributed by atoms with Crippen LogP contribution in [0.4, 0.5) is 0 Å². The van der Waals surface area contributed by atoms with E-state index in [1.807, 2.05) is 42.6 Å². The molecule has 0 amide bonds. The third-order valence-corrected chi connectivity index (χ3v) is 2.78. The number of aryl methyl sites for hydroxylation is 1. The number of methoxy groups -OCH3 is 1. The molecule has 0 unspecified atom stereocenters. The Morgan fingerprint density at radius 2 is 2.00 bits per heavy atom. The number of carbonyl (C=O) groups excluding carboxylic acids is 1. The van der Waals surface area contributed by atoms with Crippen LogP contribution in [0.25, 0.3) is 5.52 Å². The zero-order chi connectivity index (χ0) is 11.0. The SMILES string of the molecule is COC(=O)c1c(C)c(C)c2ccccn12. The maximum Gasteiger partial charge on any atom is 0.355 e. The first kappa shape index (κ1) is 9.77. The smallest absolute Gasteiger partial charge is 0.355 e. The second kappa shape index (κ2) is 3.42. The summed E-state index contributed by atoms with van der Waals surface area (Å²) in [6, 6.07) is 5.86. The van der Waals surface area contributed by atoms with E-state index in [0.29, 0.717) is 5.69 Å². The molecule has 0 atom stereocenters. The van der Waals surface area contributed by atoms with Gasteiger partial charge < -0.3 is 9.14 Å². The molecule has 3 nitrogen and oxygen atoms in total. The van der Waals surface area contributed by atoms with Gasteiger partial charge in [0, 0.05) is 11.7 Å². The molecule has 2 aromatic heterocycles. The number of ether oxygens (including phenoxy) is 1. The zero-order valence-corrected chi connectivity index (χ0v) is 9.07. The molecule has 0 aliphatic carbocycles. The average Bonchev–Trinajstić information content (AvgIpc) is 2.52. The van der Waals surface area contributed by atoms with E-state index < -0.39 is 0 Å². The number of rotatable bonds is 1. The summed E-state index contributed by atoms with van der Waals surface area (Å²) in [4.78, 5) is 11.6. The lowest BCUT2D eigenvalue weighted by molar-refractivity contribution is 0.0592. The van der Waals surface area contributed by atoms with Crippen molar-refractivity contribution in [2.75, 3.05) is 7.11 Å². The van der Waals surface area contributed by atoms with Crippen LogP contribution in [-0.2, 0) is 4.74 Å². The second-order valence-electron chi connectivity index (χ2n) is 3.55. The molecule has 2 rings (SSSR count). The molecule has 2 aromatic rings. The third-order valence-electron chi connectivity index (χ3n) is 2.78. The van der Waals surface area contributed by atoms with Gasteiger partial charge in [-0.15, -0.1) is 0 Å². The Morgan fingerprint density at radius 3 is 2.67 bits per heavy atom. The number of carbonyl (C=O) groups is 1. The molecule has 0 bridgehead atoms. The van der Waals surface area contributed by atoms with Gasteiger partial charge in [0.2, 0.25) is 0 Å². The van der Waals surface area contributed by atoms with Crippen LogP contribution in [0, 0.1) is 13.8 Å². The molecule has 0 fully saturated rings. The molecule has 15 heavy (non-hydrogen) atoms. The zero-order valence-electron chi connectivity index (χ0n) is 9.07. The van der Waals surface area contributed by atoms with Gasteiger partial charge in [0.25, 0.3) is 0 Å². The van der Waals surface area contributed by atoms with Crippen molar-refractivity contribution in [2.45, 2.75) is 13.8 Å². The molecule has 0 N–H and O–H groups in total. The van der Waals surface area contributed by atoms with Crippen LogP contribution in [-0.4, -0.2) is 17.5 Å². The van der Waals surface area contributed by atoms with Crippen molar-refractivity contribution in [3.05, 3.63) is 41.2 Å². The number of esters is 1. The van der Waals surface area contributed by atoms with Gasteiger partial charge in [-0.1, -0.05) is 6.07 Å². The number of fused-ring (bicyclic) bond motifs is 1. The lowest BCUT2D eigenvalue weighted by atomic mass is 10.1. The Balaban J connectivity index is 2.83. The van der Waals surface area contributed by atoms with Crippen LogP contribution in [0.5, 0.6) is 0 Å². The molecule has 0 aliphatic rings. The van der Waals surface area contributed by atoms with Gasteiger partial charge in [-0.3, -0.25) is 0 Å². The van der Waals surface area contributed by atoms with Crippen molar-refractivity contribution in [1.29, 1.82) is 0 Å². The highest BCUT2D eigenvalue weighted by molar-refractivity contribution is 5.92. The molecule has 0 radical (unpaired) electrons. The molecular formula is C12H13NO2. The monoisotopic (exact) mass is 203 g/mol. The number of aromatic nitrogens is 1. The predicted octanol–water partition coefficient (Wildman–Crippen LogP) is 2.34. The summed E-state index contributed by atoms with van der Waals surface area (Å²) in [6.45, 7) is 3.95. The van der Waals surface area contributed by atoms with E-state index in [9.17, 15) is 4.79 Å². The van der Waals surface area contributed by atoms with Gasteiger partial charge in [-0.05, 0) is 37.1 Å². The van der Waals surface area contributed by atoms with Crippen LogP contribution in [0.1, 0.15) is 21.6 Å². The molecule has 0 aliphatic heterocycles. The Hall–Kier alpha value is -1.77. The summed E-state index contributed by atoms with van der Waals surface area (Å²) in [5, 5.41) is 0. The summed E-state index contributed by atoms with van der Waals surface area (Å²) in [6.07, 6.45) is 1.88. The van der Waals surface area contributed by atoms with Crippen molar-refractivity contribution in [1.82, 2.24) is 4.40 Å². The van der Waals surface area contributed by atoms with Crippen LogP contribution >= 0.6 is 0 Å². The maximum atomic E-state index is 11.6. The lowest BCUT2D eigenvalue weighted by Gasteiger charge is -2.01. The lowest BCUT2D eigenvalue weighted by Crippen LogP contribution is -2.06. The van der Waals surface area contributed by atoms with Crippen LogP contribution in [0.2, 0.25) is 0 Å². The highest BCUT2D eigenvalue weighted by atomic mass is 16.5. The topological polar surface area (TPSA) is 30.7 Å². The van der Waals surface area contributed by atoms with E-state index in [4.69, 9.17) is 4.74 Å². The predicted molar refractivity (Wildman–Crippen MR) is 58.2 cm³/mol. The minimum Gasteiger partial charge on any atom is -0.464 e. The summed E-state index contributed by atoms with van der Waals surface area (Å²) in [5.41, 5.74) is 3.77. The van der Waals surface area contributed by atoms with Crippen molar-refractivity contribution in [3.8, 4) is 0 Å². The molecule has 0 aromatic carbocycles. The van der Waals surface area contributed by atoms with Crippen molar-refractivity contribution < 1.29 is 9.53 Å². The summed E-state index contributed by atoms with van der Waals surface area (Å²) >= 11 is 0. The molecule has 3 heteroatoms. The Labute approximate surface area is 88.3 Å². The van der Waals surface area contributed by atoms with E-state index in [-0.39, 0.29) is 5.97 Å². The minimum atomic E-state index is -0.290. The Bertz CT molecular complexity index is 526. The maximum absolute atomic E-state index is 11.6. The molecule has 0 spiro atoms. The van der Waals surface area contributed by atoms with Crippen LogP contribution in [0.3, 0.4) is 0 Å². The largest absolute Gasteiger partial charge is 0.464 e. The quantitative estimate of drug-likeness (QED) is 0.666. The van der Waals surface area contributed by atoms with Crippen molar-refractivity contribution >= 4 is 11.5 Å². The highest BCUT2D eigenvalue weighted by Crippen LogP contribution is 2.22. The van der Waals surface area contributed by atoms with E-state index in [0.717, 1.165) is 16.6 Å². The summed E-state index contributed by atoms with van der Waals surface area (Å²) in [7, 11) is 1.40. The number of hydrogen-bond acceptors (Lipinski definition) is 2. The third kappa shape index (κ3) is 1.31. The van der Waals surface area contributed by atoms with Gasteiger partial charge in [-0.25, -0.2) is 4.79 Å². The summed E-state index contributed by atoms with van der Waals surface area (Å²) < 4.78 is 6.65. The fourth-order valence-corrected chi connectivity index (χ4v) is 1.84. The number of hydrogen-bond donors (Lipinski definition) is 0. The summed E-state index contributed by atoms with van der Waals surface area (Å²) in [5.74, 6) is -0.290. The van der Waals surface area contributed by atoms with Gasteiger partial charge in [0.05, 0.1) is 7.11 Å². The van der Waals surface area contributed by atoms with Gasteiger partial charge in [0.15, 0.2) is 0 Å². The van der Waals surface area contributed by atoms with Gasteiger partial charge in [0.1, 0.15) is 5.69 Å².